The van der Waals surface area contributed by atoms with E-state index in [2.05, 4.69) is 25.2 Å². The monoisotopic (exact) mass is 221 g/mol. The van der Waals surface area contributed by atoms with Crippen LogP contribution in [0.25, 0.3) is 0 Å². The Hall–Kier alpha value is -0.300. The van der Waals surface area contributed by atoms with Crippen molar-refractivity contribution in [1.29, 1.82) is 0 Å². The zero-order valence-corrected chi connectivity index (χ0v) is 11.0. The van der Waals surface area contributed by atoms with E-state index in [9.17, 15) is 0 Å². The Kier molecular flexibility index (Phi) is 4.07. The second kappa shape index (κ2) is 5.35. The van der Waals surface area contributed by atoms with E-state index in [1.54, 1.807) is 5.57 Å². The second-order valence-electron chi connectivity index (χ2n) is 5.88. The summed E-state index contributed by atoms with van der Waals surface area (Å²) in [5.74, 6) is 0. The van der Waals surface area contributed by atoms with Crippen molar-refractivity contribution >= 4 is 0 Å². The van der Waals surface area contributed by atoms with Crippen molar-refractivity contribution in [2.45, 2.75) is 71.3 Å². The summed E-state index contributed by atoms with van der Waals surface area (Å²) in [7, 11) is 0. The number of likely N-dealkylation sites (N-methyl/N-ethyl adjacent to an activating group) is 1. The van der Waals surface area contributed by atoms with Crippen LogP contribution >= 0.6 is 0 Å². The zero-order chi connectivity index (χ0) is 11.4. The van der Waals surface area contributed by atoms with Gasteiger partial charge in [-0.05, 0) is 50.5 Å². The highest BCUT2D eigenvalue weighted by atomic mass is 14.9. The lowest BCUT2D eigenvalue weighted by Gasteiger charge is -2.28. The van der Waals surface area contributed by atoms with Crippen molar-refractivity contribution < 1.29 is 0 Å². The third-order valence-corrected chi connectivity index (χ3v) is 4.34. The molecule has 0 saturated heterocycles. The first-order valence-corrected chi connectivity index (χ1v) is 7.18. The van der Waals surface area contributed by atoms with Crippen LogP contribution in [0.3, 0.4) is 0 Å². The van der Waals surface area contributed by atoms with Gasteiger partial charge in [-0.3, -0.25) is 0 Å². The van der Waals surface area contributed by atoms with Crippen LogP contribution in [0.15, 0.2) is 11.6 Å². The number of nitrogens with one attached hydrogen (secondary N) is 1. The van der Waals surface area contributed by atoms with Gasteiger partial charge in [0.2, 0.25) is 0 Å². The number of hydrogen-bond acceptors (Lipinski definition) is 1. The fourth-order valence-corrected chi connectivity index (χ4v) is 2.99. The third-order valence-electron chi connectivity index (χ3n) is 4.34. The Balaban J connectivity index is 2.04. The van der Waals surface area contributed by atoms with Crippen molar-refractivity contribution in [1.82, 2.24) is 5.32 Å². The Morgan fingerprint density at radius 1 is 1.25 bits per heavy atom. The number of hydrogen-bond donors (Lipinski definition) is 1. The van der Waals surface area contributed by atoms with Crippen LogP contribution in [-0.2, 0) is 0 Å². The van der Waals surface area contributed by atoms with Gasteiger partial charge in [-0.15, -0.1) is 0 Å². The van der Waals surface area contributed by atoms with Crippen LogP contribution in [-0.4, -0.2) is 12.6 Å². The van der Waals surface area contributed by atoms with E-state index < -0.39 is 0 Å². The first-order chi connectivity index (χ1) is 7.76. The molecule has 0 aliphatic heterocycles. The summed E-state index contributed by atoms with van der Waals surface area (Å²) >= 11 is 0. The maximum Gasteiger partial charge on any atom is 0.0333 e. The summed E-state index contributed by atoms with van der Waals surface area (Å²) in [5, 5.41) is 3.73. The van der Waals surface area contributed by atoms with Crippen molar-refractivity contribution in [3.8, 4) is 0 Å². The summed E-state index contributed by atoms with van der Waals surface area (Å²) in [6, 6.07) is 0.676. The second-order valence-corrected chi connectivity index (χ2v) is 5.88. The van der Waals surface area contributed by atoms with Gasteiger partial charge in [0.15, 0.2) is 0 Å². The summed E-state index contributed by atoms with van der Waals surface area (Å²) < 4.78 is 0. The molecule has 16 heavy (non-hydrogen) atoms. The number of allylic oxidation sites excluding steroid dienone is 1. The highest BCUT2D eigenvalue weighted by Gasteiger charge is 2.45. The lowest BCUT2D eigenvalue weighted by molar-refractivity contribution is 0.392. The van der Waals surface area contributed by atoms with E-state index in [4.69, 9.17) is 0 Å². The maximum atomic E-state index is 3.73. The normalized spacial score (nSPS) is 26.5. The van der Waals surface area contributed by atoms with Crippen molar-refractivity contribution in [3.05, 3.63) is 11.6 Å². The van der Waals surface area contributed by atoms with E-state index in [0.29, 0.717) is 11.5 Å². The van der Waals surface area contributed by atoms with Gasteiger partial charge in [0.05, 0.1) is 0 Å². The molecule has 0 amide bonds. The summed E-state index contributed by atoms with van der Waals surface area (Å²) in [4.78, 5) is 0. The Morgan fingerprint density at radius 3 is 2.69 bits per heavy atom. The van der Waals surface area contributed by atoms with Gasteiger partial charge in [-0.25, -0.2) is 0 Å². The van der Waals surface area contributed by atoms with Gasteiger partial charge in [0.1, 0.15) is 0 Å². The molecule has 1 fully saturated rings. The molecule has 2 rings (SSSR count). The molecule has 1 N–H and O–H groups in total. The first-order valence-electron chi connectivity index (χ1n) is 7.18. The van der Waals surface area contributed by atoms with E-state index >= 15 is 0 Å². The molecule has 1 heteroatoms. The predicted octanol–water partition coefficient (Wildman–Crippen LogP) is 4.05. The number of rotatable bonds is 4. The highest BCUT2D eigenvalue weighted by Crippen LogP contribution is 2.50. The molecule has 0 spiro atoms. The first kappa shape index (κ1) is 12.2. The molecule has 2 aliphatic carbocycles. The maximum absolute atomic E-state index is 3.73. The quantitative estimate of drug-likeness (QED) is 0.706. The van der Waals surface area contributed by atoms with Crippen LogP contribution in [0, 0.1) is 5.41 Å². The molecule has 1 nitrogen and oxygen atoms in total. The molecule has 0 aromatic heterocycles. The molecule has 1 unspecified atom stereocenters. The summed E-state index contributed by atoms with van der Waals surface area (Å²) in [6.07, 6.45) is 13.7. The van der Waals surface area contributed by atoms with Crippen LogP contribution in [0.2, 0.25) is 0 Å². The lowest BCUT2D eigenvalue weighted by atomic mass is 9.86. The Morgan fingerprint density at radius 2 is 2.00 bits per heavy atom. The molecular weight excluding hydrogens is 194 g/mol. The summed E-state index contributed by atoms with van der Waals surface area (Å²) in [5.41, 5.74) is 2.31. The van der Waals surface area contributed by atoms with Crippen molar-refractivity contribution in [2.24, 2.45) is 5.41 Å². The molecule has 0 heterocycles. The Labute approximate surface area is 101 Å². The van der Waals surface area contributed by atoms with Crippen LogP contribution in [0.5, 0.6) is 0 Å². The SMILES string of the molecule is CCNC(C1=CCCCCCC1)C1(C)CC1. The minimum absolute atomic E-state index is 0.584. The minimum atomic E-state index is 0.584. The molecule has 0 aromatic carbocycles. The van der Waals surface area contributed by atoms with Gasteiger partial charge in [0.25, 0.3) is 0 Å². The fourth-order valence-electron chi connectivity index (χ4n) is 2.99. The van der Waals surface area contributed by atoms with E-state index in [1.165, 1.54) is 51.4 Å². The molecule has 0 aromatic rings. The smallest absolute Gasteiger partial charge is 0.0333 e. The molecule has 0 radical (unpaired) electrons. The molecular formula is C15H27N. The van der Waals surface area contributed by atoms with Crippen molar-refractivity contribution in [2.75, 3.05) is 6.54 Å². The van der Waals surface area contributed by atoms with E-state index in [1.807, 2.05) is 0 Å². The van der Waals surface area contributed by atoms with Crippen molar-refractivity contribution in [3.63, 3.8) is 0 Å². The van der Waals surface area contributed by atoms with E-state index in [-0.39, 0.29) is 0 Å². The molecule has 0 bridgehead atoms. The molecule has 92 valence electrons. The van der Waals surface area contributed by atoms with Crippen LogP contribution < -0.4 is 5.32 Å². The molecule has 1 atom stereocenters. The van der Waals surface area contributed by atoms with Gasteiger partial charge in [-0.1, -0.05) is 38.3 Å². The standard InChI is InChI=1S/C15H27N/c1-3-16-14(15(2)11-12-15)13-9-7-5-4-6-8-10-13/h9,14,16H,3-8,10-12H2,1-2H3. The zero-order valence-electron chi connectivity index (χ0n) is 11.0. The largest absolute Gasteiger partial charge is 0.310 e. The van der Waals surface area contributed by atoms with Gasteiger partial charge in [-0.2, -0.15) is 0 Å². The molecule has 2 aliphatic rings. The predicted molar refractivity (Wildman–Crippen MR) is 70.6 cm³/mol. The average molecular weight is 221 g/mol. The topological polar surface area (TPSA) is 12.0 Å². The van der Waals surface area contributed by atoms with Gasteiger partial charge >= 0.3 is 0 Å². The van der Waals surface area contributed by atoms with E-state index in [0.717, 1.165) is 6.54 Å². The van der Waals surface area contributed by atoms with Crippen LogP contribution in [0.4, 0.5) is 0 Å². The van der Waals surface area contributed by atoms with Gasteiger partial charge < -0.3 is 5.32 Å². The molecule has 1 saturated carbocycles. The Bertz CT molecular complexity index is 250. The minimum Gasteiger partial charge on any atom is -0.310 e. The third kappa shape index (κ3) is 2.88. The van der Waals surface area contributed by atoms with Crippen LogP contribution in [0.1, 0.15) is 65.2 Å². The highest BCUT2D eigenvalue weighted by molar-refractivity contribution is 5.20. The fraction of sp³-hybridized carbons (Fsp3) is 0.867. The summed E-state index contributed by atoms with van der Waals surface area (Å²) in [6.45, 7) is 5.81. The lowest BCUT2D eigenvalue weighted by Crippen LogP contribution is -2.38. The van der Waals surface area contributed by atoms with Gasteiger partial charge in [0, 0.05) is 6.04 Å². The average Bonchev–Trinajstić information content (AvgIpc) is 2.95.